The van der Waals surface area contributed by atoms with Crippen molar-refractivity contribution >= 4 is 5.91 Å². The first-order chi connectivity index (χ1) is 12.8. The Morgan fingerprint density at radius 2 is 2.12 bits per heavy atom. The van der Waals surface area contributed by atoms with Crippen LogP contribution in [0.3, 0.4) is 0 Å². The van der Waals surface area contributed by atoms with Gasteiger partial charge in [-0.2, -0.15) is 0 Å². The van der Waals surface area contributed by atoms with E-state index in [4.69, 9.17) is 0 Å². The molecule has 2 N–H and O–H groups in total. The lowest BCUT2D eigenvalue weighted by atomic mass is 9.90. The van der Waals surface area contributed by atoms with Crippen molar-refractivity contribution in [3.8, 4) is 0 Å². The number of nitrogens with one attached hydrogen (secondary N) is 2. The molecule has 0 radical (unpaired) electrons. The van der Waals surface area contributed by atoms with E-state index in [1.807, 2.05) is 0 Å². The van der Waals surface area contributed by atoms with Gasteiger partial charge in [-0.05, 0) is 74.2 Å². The Balaban J connectivity index is 1.32. The first-order valence-electron chi connectivity index (χ1n) is 9.77. The van der Waals surface area contributed by atoms with Gasteiger partial charge in [-0.1, -0.05) is 23.4 Å². The first kappa shape index (κ1) is 17.2. The van der Waals surface area contributed by atoms with E-state index in [0.29, 0.717) is 18.2 Å². The number of aryl methyl sites for hydroxylation is 2. The molecule has 1 amide bonds. The van der Waals surface area contributed by atoms with Crippen molar-refractivity contribution in [1.29, 1.82) is 0 Å². The van der Waals surface area contributed by atoms with Gasteiger partial charge in [-0.25, -0.2) is 0 Å². The third-order valence-corrected chi connectivity index (χ3v) is 5.48. The zero-order valence-electron chi connectivity index (χ0n) is 15.2. The number of rotatable bonds is 5. The fourth-order valence-electron chi connectivity index (χ4n) is 4.01. The van der Waals surface area contributed by atoms with E-state index >= 15 is 0 Å². The normalized spacial score (nSPS) is 19.8. The van der Waals surface area contributed by atoms with Crippen LogP contribution in [0.15, 0.2) is 24.4 Å². The summed E-state index contributed by atoms with van der Waals surface area (Å²) in [6.07, 6.45) is 9.05. The van der Waals surface area contributed by atoms with Crippen LogP contribution in [0.5, 0.6) is 0 Å². The summed E-state index contributed by atoms with van der Waals surface area (Å²) < 4.78 is 1.80. The second kappa shape index (κ2) is 7.99. The molecule has 1 aliphatic heterocycles. The molecule has 138 valence electrons. The minimum atomic E-state index is -0.157. The maximum atomic E-state index is 12.4. The zero-order chi connectivity index (χ0) is 17.8. The quantitative estimate of drug-likeness (QED) is 0.863. The van der Waals surface area contributed by atoms with Crippen molar-refractivity contribution in [1.82, 2.24) is 25.6 Å². The van der Waals surface area contributed by atoms with Crippen molar-refractivity contribution in [2.45, 2.75) is 51.6 Å². The van der Waals surface area contributed by atoms with Gasteiger partial charge < -0.3 is 10.6 Å². The lowest BCUT2D eigenvalue weighted by Gasteiger charge is -2.22. The van der Waals surface area contributed by atoms with E-state index in [1.165, 1.54) is 43.2 Å². The van der Waals surface area contributed by atoms with Gasteiger partial charge in [-0.15, -0.1) is 5.10 Å². The molecule has 1 atom stereocenters. The Labute approximate surface area is 154 Å². The van der Waals surface area contributed by atoms with Crippen LogP contribution in [0.1, 0.15) is 52.9 Å². The third kappa shape index (κ3) is 4.12. The van der Waals surface area contributed by atoms with E-state index < -0.39 is 0 Å². The highest BCUT2D eigenvalue weighted by Crippen LogP contribution is 2.22. The van der Waals surface area contributed by atoms with Gasteiger partial charge >= 0.3 is 0 Å². The molecule has 1 aromatic carbocycles. The number of benzene rings is 1. The van der Waals surface area contributed by atoms with E-state index in [0.717, 1.165) is 31.6 Å². The number of amides is 1. The predicted molar refractivity (Wildman–Crippen MR) is 99.9 cm³/mol. The van der Waals surface area contributed by atoms with Gasteiger partial charge in [0.15, 0.2) is 5.69 Å². The number of hydrogen-bond donors (Lipinski definition) is 2. The summed E-state index contributed by atoms with van der Waals surface area (Å²) in [5.41, 5.74) is 4.45. The molecule has 0 bridgehead atoms. The molecule has 6 heteroatoms. The molecule has 1 aromatic heterocycles. The second-order valence-electron chi connectivity index (χ2n) is 7.53. The smallest absolute Gasteiger partial charge is 0.273 e. The number of aromatic nitrogens is 3. The third-order valence-electron chi connectivity index (χ3n) is 5.48. The SMILES string of the molecule is O=C(NCc1ccc2c(c1)CCCC2)c1cn(C[C@@H]2CCCNC2)nn1. The monoisotopic (exact) mass is 353 g/mol. The van der Waals surface area contributed by atoms with Gasteiger partial charge in [0.1, 0.15) is 0 Å². The van der Waals surface area contributed by atoms with Gasteiger partial charge in [0.05, 0.1) is 6.20 Å². The van der Waals surface area contributed by atoms with Crippen LogP contribution in [-0.2, 0) is 25.9 Å². The van der Waals surface area contributed by atoms with E-state index in [-0.39, 0.29) is 5.91 Å². The first-order valence-corrected chi connectivity index (χ1v) is 9.77. The summed E-state index contributed by atoms with van der Waals surface area (Å²) >= 11 is 0. The molecule has 2 aromatic rings. The molecule has 2 heterocycles. The second-order valence-corrected chi connectivity index (χ2v) is 7.53. The Bertz CT molecular complexity index is 763. The average Bonchev–Trinajstić information content (AvgIpc) is 3.15. The molecular formula is C20H27N5O. The van der Waals surface area contributed by atoms with Crippen LogP contribution in [0.4, 0.5) is 0 Å². The lowest BCUT2D eigenvalue weighted by molar-refractivity contribution is 0.0946. The van der Waals surface area contributed by atoms with Crippen molar-refractivity contribution in [3.05, 3.63) is 46.8 Å². The van der Waals surface area contributed by atoms with E-state index in [1.54, 1.807) is 10.9 Å². The van der Waals surface area contributed by atoms with Crippen molar-refractivity contribution in [2.24, 2.45) is 5.92 Å². The molecule has 1 saturated heterocycles. The Kier molecular flexibility index (Phi) is 5.29. The molecule has 26 heavy (non-hydrogen) atoms. The van der Waals surface area contributed by atoms with Crippen molar-refractivity contribution < 1.29 is 4.79 Å². The number of carbonyl (C=O) groups excluding carboxylic acids is 1. The largest absolute Gasteiger partial charge is 0.347 e. The number of fused-ring (bicyclic) bond motifs is 1. The molecule has 6 nitrogen and oxygen atoms in total. The molecule has 0 spiro atoms. The zero-order valence-corrected chi connectivity index (χ0v) is 15.2. The highest BCUT2D eigenvalue weighted by atomic mass is 16.2. The molecule has 4 rings (SSSR count). The van der Waals surface area contributed by atoms with Crippen molar-refractivity contribution in [3.63, 3.8) is 0 Å². The van der Waals surface area contributed by atoms with Gasteiger partial charge in [0, 0.05) is 13.1 Å². The molecule has 0 unspecified atom stereocenters. The van der Waals surface area contributed by atoms with Crippen LogP contribution in [-0.4, -0.2) is 34.0 Å². The number of nitrogens with zero attached hydrogens (tertiary/aromatic N) is 3. The summed E-state index contributed by atoms with van der Waals surface area (Å²) in [4.78, 5) is 12.4. The van der Waals surface area contributed by atoms with E-state index in [2.05, 4.69) is 39.1 Å². The molecule has 2 aliphatic rings. The Morgan fingerprint density at radius 1 is 1.23 bits per heavy atom. The van der Waals surface area contributed by atoms with Crippen molar-refractivity contribution in [2.75, 3.05) is 13.1 Å². The van der Waals surface area contributed by atoms with Crippen LogP contribution < -0.4 is 10.6 Å². The van der Waals surface area contributed by atoms with Gasteiger partial charge in [0.2, 0.25) is 0 Å². The summed E-state index contributed by atoms with van der Waals surface area (Å²) in [7, 11) is 0. The minimum Gasteiger partial charge on any atom is -0.347 e. The predicted octanol–water partition coefficient (Wildman–Crippen LogP) is 2.09. The summed E-state index contributed by atoms with van der Waals surface area (Å²) in [6.45, 7) is 3.47. The number of hydrogen-bond acceptors (Lipinski definition) is 4. The summed E-state index contributed by atoms with van der Waals surface area (Å²) in [5, 5.41) is 14.5. The Morgan fingerprint density at radius 3 is 2.96 bits per heavy atom. The molecule has 1 fully saturated rings. The maximum Gasteiger partial charge on any atom is 0.273 e. The minimum absolute atomic E-state index is 0.157. The van der Waals surface area contributed by atoms with Gasteiger partial charge in [0.25, 0.3) is 5.91 Å². The summed E-state index contributed by atoms with van der Waals surface area (Å²) in [5.74, 6) is 0.410. The van der Waals surface area contributed by atoms with Crippen LogP contribution in [0.2, 0.25) is 0 Å². The molecular weight excluding hydrogens is 326 g/mol. The Hall–Kier alpha value is -2.21. The molecule has 1 aliphatic carbocycles. The number of piperidine rings is 1. The maximum absolute atomic E-state index is 12.4. The lowest BCUT2D eigenvalue weighted by Crippen LogP contribution is -2.32. The van der Waals surface area contributed by atoms with Crippen LogP contribution >= 0.6 is 0 Å². The van der Waals surface area contributed by atoms with Crippen LogP contribution in [0.25, 0.3) is 0 Å². The standard InChI is InChI=1S/C20H27N5O/c26-20(19-14-25(24-23-19)13-16-4-3-9-21-11-16)22-12-15-7-8-17-5-1-2-6-18(17)10-15/h7-8,10,14,16,21H,1-6,9,11-13H2,(H,22,26)/t16-/m1/s1. The van der Waals surface area contributed by atoms with Crippen LogP contribution in [0, 0.1) is 5.92 Å². The summed E-state index contributed by atoms with van der Waals surface area (Å²) in [6, 6.07) is 6.57. The number of carbonyl (C=O) groups is 1. The fraction of sp³-hybridized carbons (Fsp3) is 0.550. The van der Waals surface area contributed by atoms with Gasteiger partial charge in [-0.3, -0.25) is 9.48 Å². The highest BCUT2D eigenvalue weighted by Gasteiger charge is 2.16. The fourth-order valence-corrected chi connectivity index (χ4v) is 4.01. The average molecular weight is 353 g/mol. The highest BCUT2D eigenvalue weighted by molar-refractivity contribution is 5.91. The topological polar surface area (TPSA) is 71.8 Å². The molecule has 0 saturated carbocycles. The van der Waals surface area contributed by atoms with E-state index in [9.17, 15) is 4.79 Å².